The second-order valence-electron chi connectivity index (χ2n) is 4.17. The summed E-state index contributed by atoms with van der Waals surface area (Å²) < 4.78 is 30.6. The molecule has 1 aromatic heterocycles. The molecule has 22 heavy (non-hydrogen) atoms. The molecule has 0 unspecified atom stereocenters. The van der Waals surface area contributed by atoms with Gasteiger partial charge in [0.25, 0.3) is 15.7 Å². The molecule has 0 aliphatic heterocycles. The van der Waals surface area contributed by atoms with Crippen LogP contribution in [0.3, 0.4) is 0 Å². The summed E-state index contributed by atoms with van der Waals surface area (Å²) >= 11 is 0. The SMILES string of the molecule is CCOC(=O)c1cccn1S(=O)(=O)c1cccc([N+](=O)[O-])c1. The summed E-state index contributed by atoms with van der Waals surface area (Å²) in [6, 6.07) is 7.27. The lowest BCUT2D eigenvalue weighted by Gasteiger charge is -2.09. The van der Waals surface area contributed by atoms with E-state index in [0.717, 1.165) is 10.0 Å². The number of rotatable bonds is 5. The van der Waals surface area contributed by atoms with Gasteiger partial charge >= 0.3 is 5.97 Å². The summed E-state index contributed by atoms with van der Waals surface area (Å²) in [6.07, 6.45) is 1.18. The van der Waals surface area contributed by atoms with Crippen LogP contribution in [-0.2, 0) is 14.8 Å². The van der Waals surface area contributed by atoms with E-state index in [0.29, 0.717) is 0 Å². The van der Waals surface area contributed by atoms with Gasteiger partial charge in [0.1, 0.15) is 5.69 Å². The minimum atomic E-state index is -4.13. The molecule has 0 radical (unpaired) electrons. The molecule has 0 aliphatic carbocycles. The van der Waals surface area contributed by atoms with E-state index in [4.69, 9.17) is 4.74 Å². The van der Waals surface area contributed by atoms with E-state index in [9.17, 15) is 23.3 Å². The fourth-order valence-corrected chi connectivity index (χ4v) is 3.18. The van der Waals surface area contributed by atoms with Gasteiger partial charge in [0.15, 0.2) is 0 Å². The van der Waals surface area contributed by atoms with Crippen molar-refractivity contribution in [2.45, 2.75) is 11.8 Å². The third kappa shape index (κ3) is 2.84. The first kappa shape index (κ1) is 15.7. The molecule has 0 bridgehead atoms. The molecule has 2 aromatic rings. The third-order valence-electron chi connectivity index (χ3n) is 2.78. The van der Waals surface area contributed by atoms with Crippen LogP contribution in [0.15, 0.2) is 47.5 Å². The molecule has 0 atom stereocenters. The molecule has 116 valence electrons. The van der Waals surface area contributed by atoms with Crippen LogP contribution in [0, 0.1) is 10.1 Å². The average molecular weight is 324 g/mol. The molecule has 9 heteroatoms. The summed E-state index contributed by atoms with van der Waals surface area (Å²) in [6.45, 7) is 1.70. The number of carbonyl (C=O) groups excluding carboxylic acids is 1. The fourth-order valence-electron chi connectivity index (χ4n) is 1.81. The van der Waals surface area contributed by atoms with Crippen molar-refractivity contribution >= 4 is 21.7 Å². The molecule has 0 saturated carbocycles. The number of esters is 1. The fraction of sp³-hybridized carbons (Fsp3) is 0.154. The third-order valence-corrected chi connectivity index (χ3v) is 4.47. The Labute approximate surface area is 126 Å². The van der Waals surface area contributed by atoms with E-state index < -0.39 is 20.9 Å². The lowest BCUT2D eigenvalue weighted by atomic mass is 10.3. The molecular weight excluding hydrogens is 312 g/mol. The molecule has 1 aromatic carbocycles. The minimum absolute atomic E-state index is 0.0981. The number of carbonyl (C=O) groups is 1. The summed E-state index contributed by atoms with van der Waals surface area (Å²) in [5.74, 6) is -0.790. The number of benzene rings is 1. The number of nitro groups is 1. The van der Waals surface area contributed by atoms with Crippen LogP contribution in [0.1, 0.15) is 17.4 Å². The Balaban J connectivity index is 2.52. The number of aromatic nitrogens is 1. The normalized spacial score (nSPS) is 11.1. The highest BCUT2D eigenvalue weighted by Gasteiger charge is 2.24. The molecule has 0 N–H and O–H groups in total. The smallest absolute Gasteiger partial charge is 0.355 e. The molecule has 0 spiro atoms. The largest absolute Gasteiger partial charge is 0.461 e. The van der Waals surface area contributed by atoms with Crippen molar-refractivity contribution in [3.8, 4) is 0 Å². The van der Waals surface area contributed by atoms with Gasteiger partial charge in [0.2, 0.25) is 0 Å². The molecule has 1 heterocycles. The molecular formula is C13H12N2O6S. The van der Waals surface area contributed by atoms with Crippen molar-refractivity contribution in [2.24, 2.45) is 0 Å². The van der Waals surface area contributed by atoms with E-state index >= 15 is 0 Å². The number of nitro benzene ring substituents is 1. The minimum Gasteiger partial charge on any atom is -0.461 e. The lowest BCUT2D eigenvalue weighted by molar-refractivity contribution is -0.385. The highest BCUT2D eigenvalue weighted by atomic mass is 32.2. The summed E-state index contributed by atoms with van der Waals surface area (Å²) in [4.78, 5) is 21.5. The molecule has 0 fully saturated rings. The van der Waals surface area contributed by atoms with E-state index in [1.165, 1.54) is 36.5 Å². The van der Waals surface area contributed by atoms with Crippen molar-refractivity contribution in [1.82, 2.24) is 3.97 Å². The van der Waals surface area contributed by atoms with Gasteiger partial charge < -0.3 is 4.74 Å². The van der Waals surface area contributed by atoms with Gasteiger partial charge in [-0.3, -0.25) is 10.1 Å². The monoisotopic (exact) mass is 324 g/mol. The van der Waals surface area contributed by atoms with Gasteiger partial charge in [0.05, 0.1) is 16.4 Å². The maximum Gasteiger partial charge on any atom is 0.355 e. The predicted molar refractivity (Wildman–Crippen MR) is 76.1 cm³/mol. The average Bonchev–Trinajstić information content (AvgIpc) is 2.98. The Morgan fingerprint density at radius 1 is 1.32 bits per heavy atom. The van der Waals surface area contributed by atoms with E-state index in [1.54, 1.807) is 6.92 Å². The first-order valence-corrected chi connectivity index (χ1v) is 7.66. The molecule has 0 aliphatic rings. The van der Waals surface area contributed by atoms with Crippen molar-refractivity contribution in [3.63, 3.8) is 0 Å². The molecule has 0 amide bonds. The maximum absolute atomic E-state index is 12.5. The number of hydrogen-bond donors (Lipinski definition) is 0. The second-order valence-corrected chi connectivity index (χ2v) is 5.98. The van der Waals surface area contributed by atoms with Crippen LogP contribution in [0.4, 0.5) is 5.69 Å². The Hall–Kier alpha value is -2.68. The Morgan fingerprint density at radius 3 is 2.68 bits per heavy atom. The quantitative estimate of drug-likeness (QED) is 0.471. The van der Waals surface area contributed by atoms with Gasteiger partial charge in [-0.2, -0.15) is 0 Å². The number of nitrogens with zero attached hydrogens (tertiary/aromatic N) is 2. The van der Waals surface area contributed by atoms with Crippen LogP contribution in [0.5, 0.6) is 0 Å². The van der Waals surface area contributed by atoms with Crippen molar-refractivity contribution in [2.75, 3.05) is 6.61 Å². The first-order valence-electron chi connectivity index (χ1n) is 6.22. The standard InChI is InChI=1S/C13H12N2O6S/c1-2-21-13(16)12-7-4-8-14(12)22(19,20)11-6-3-5-10(9-11)15(17)18/h3-9H,2H2,1H3. The van der Waals surface area contributed by atoms with Gasteiger partial charge in [-0.1, -0.05) is 6.07 Å². The van der Waals surface area contributed by atoms with Crippen LogP contribution in [-0.4, -0.2) is 29.9 Å². The van der Waals surface area contributed by atoms with Crippen LogP contribution in [0.2, 0.25) is 0 Å². The van der Waals surface area contributed by atoms with E-state index in [2.05, 4.69) is 0 Å². The zero-order valence-corrected chi connectivity index (χ0v) is 12.3. The molecule has 2 rings (SSSR count). The van der Waals surface area contributed by atoms with Crippen LogP contribution in [0.25, 0.3) is 0 Å². The Kier molecular flexibility index (Phi) is 4.27. The summed E-state index contributed by atoms with van der Waals surface area (Å²) in [7, 11) is -4.13. The topological polar surface area (TPSA) is 109 Å². The number of non-ortho nitro benzene ring substituents is 1. The van der Waals surface area contributed by atoms with E-state index in [1.807, 2.05) is 0 Å². The maximum atomic E-state index is 12.5. The first-order chi connectivity index (χ1) is 10.4. The summed E-state index contributed by atoms with van der Waals surface area (Å²) in [5.41, 5.74) is -0.528. The lowest BCUT2D eigenvalue weighted by Crippen LogP contribution is -2.19. The van der Waals surface area contributed by atoms with Gasteiger partial charge in [-0.05, 0) is 25.1 Å². The van der Waals surface area contributed by atoms with Crippen LogP contribution < -0.4 is 0 Å². The summed E-state index contributed by atoms with van der Waals surface area (Å²) in [5, 5.41) is 10.8. The van der Waals surface area contributed by atoms with Crippen molar-refractivity contribution in [3.05, 3.63) is 58.4 Å². The van der Waals surface area contributed by atoms with Crippen LogP contribution >= 0.6 is 0 Å². The van der Waals surface area contributed by atoms with Gasteiger partial charge in [-0.25, -0.2) is 17.2 Å². The Bertz CT molecular complexity index is 825. The number of ether oxygens (including phenoxy) is 1. The molecule has 8 nitrogen and oxygen atoms in total. The highest BCUT2D eigenvalue weighted by Crippen LogP contribution is 2.21. The van der Waals surface area contributed by atoms with E-state index in [-0.39, 0.29) is 22.9 Å². The van der Waals surface area contributed by atoms with Gasteiger partial charge in [-0.15, -0.1) is 0 Å². The van der Waals surface area contributed by atoms with Crippen molar-refractivity contribution in [1.29, 1.82) is 0 Å². The molecule has 0 saturated heterocycles. The highest BCUT2D eigenvalue weighted by molar-refractivity contribution is 7.90. The van der Waals surface area contributed by atoms with Gasteiger partial charge in [0, 0.05) is 18.3 Å². The zero-order chi connectivity index (χ0) is 16.3. The number of hydrogen-bond acceptors (Lipinski definition) is 6. The predicted octanol–water partition coefficient (Wildman–Crippen LogP) is 1.81. The van der Waals surface area contributed by atoms with Crippen molar-refractivity contribution < 1.29 is 22.9 Å². The Morgan fingerprint density at radius 2 is 2.05 bits per heavy atom. The zero-order valence-electron chi connectivity index (χ0n) is 11.5. The second kappa shape index (κ2) is 5.98.